The molecule has 1 aliphatic heterocycles. The summed E-state index contributed by atoms with van der Waals surface area (Å²) >= 11 is 3.61. The molecule has 0 amide bonds. The smallest absolute Gasteiger partial charge is 0.110 e. The summed E-state index contributed by atoms with van der Waals surface area (Å²) in [5.41, 5.74) is 1.37. The van der Waals surface area contributed by atoms with Crippen LogP contribution in [0.3, 0.4) is 0 Å². The molecule has 1 aliphatic carbocycles. The lowest BCUT2D eigenvalue weighted by atomic mass is 10.0. The maximum absolute atomic E-state index is 4.38. The standard InChI is InChI=1S/C13H18BrN3.2ClH/c14-13-11(2-1-5-16-13)12(10-3-4-10)17-8-6-15-7-9-17;;/h1-2,5,10,12,15H,3-4,6-9H2;2*1H/t12-;;/m0../s1. The van der Waals surface area contributed by atoms with Gasteiger partial charge >= 0.3 is 0 Å². The van der Waals surface area contributed by atoms with Gasteiger partial charge in [0.15, 0.2) is 0 Å². The molecule has 3 nitrogen and oxygen atoms in total. The third-order valence-corrected chi connectivity index (χ3v) is 4.38. The van der Waals surface area contributed by atoms with E-state index in [-0.39, 0.29) is 24.8 Å². The number of pyridine rings is 1. The molecule has 1 N–H and O–H groups in total. The topological polar surface area (TPSA) is 28.2 Å². The number of halogens is 3. The summed E-state index contributed by atoms with van der Waals surface area (Å²) < 4.78 is 1.02. The first-order valence-corrected chi connectivity index (χ1v) is 7.21. The lowest BCUT2D eigenvalue weighted by Gasteiger charge is -2.35. The van der Waals surface area contributed by atoms with Crippen LogP contribution in [0, 0.1) is 5.92 Å². The van der Waals surface area contributed by atoms with Crippen LogP contribution in [0.5, 0.6) is 0 Å². The zero-order chi connectivity index (χ0) is 11.7. The predicted octanol–water partition coefficient (Wildman–Crippen LogP) is 3.04. The SMILES string of the molecule is Brc1ncccc1[C@H](C1CC1)N1CCNCC1.Cl.Cl. The second-order valence-electron chi connectivity index (χ2n) is 4.95. The quantitative estimate of drug-likeness (QED) is 0.831. The Bertz CT molecular complexity index is 395. The van der Waals surface area contributed by atoms with E-state index < -0.39 is 0 Å². The number of nitrogens with zero attached hydrogens (tertiary/aromatic N) is 2. The number of nitrogens with one attached hydrogen (secondary N) is 1. The minimum atomic E-state index is 0. The van der Waals surface area contributed by atoms with Crippen LogP contribution < -0.4 is 5.32 Å². The predicted molar refractivity (Wildman–Crippen MR) is 86.3 cm³/mol. The maximum atomic E-state index is 4.38. The lowest BCUT2D eigenvalue weighted by molar-refractivity contribution is 0.155. The molecule has 0 aromatic carbocycles. The van der Waals surface area contributed by atoms with Gasteiger partial charge in [-0.05, 0) is 40.8 Å². The molecule has 19 heavy (non-hydrogen) atoms. The fourth-order valence-corrected chi connectivity index (χ4v) is 3.23. The van der Waals surface area contributed by atoms with Crippen LogP contribution in [0.25, 0.3) is 0 Å². The Balaban J connectivity index is 0.000000902. The van der Waals surface area contributed by atoms with Gasteiger partial charge in [0, 0.05) is 44.0 Å². The van der Waals surface area contributed by atoms with Crippen molar-refractivity contribution < 1.29 is 0 Å². The van der Waals surface area contributed by atoms with Crippen LogP contribution in [0.4, 0.5) is 0 Å². The highest BCUT2D eigenvalue weighted by atomic mass is 79.9. The molecule has 1 aromatic rings. The molecule has 2 heterocycles. The molecule has 0 radical (unpaired) electrons. The van der Waals surface area contributed by atoms with Crippen LogP contribution in [0.15, 0.2) is 22.9 Å². The van der Waals surface area contributed by atoms with E-state index in [1.807, 2.05) is 6.20 Å². The van der Waals surface area contributed by atoms with Crippen molar-refractivity contribution in [1.82, 2.24) is 15.2 Å². The van der Waals surface area contributed by atoms with E-state index in [1.165, 1.54) is 18.4 Å². The molecule has 3 rings (SSSR count). The zero-order valence-electron chi connectivity index (χ0n) is 10.7. The fraction of sp³-hybridized carbons (Fsp3) is 0.615. The normalized spacial score (nSPS) is 21.1. The Morgan fingerprint density at radius 2 is 1.95 bits per heavy atom. The molecule has 0 unspecified atom stereocenters. The van der Waals surface area contributed by atoms with Crippen molar-refractivity contribution in [3.8, 4) is 0 Å². The van der Waals surface area contributed by atoms with E-state index in [4.69, 9.17) is 0 Å². The summed E-state index contributed by atoms with van der Waals surface area (Å²) in [5, 5.41) is 3.43. The minimum Gasteiger partial charge on any atom is -0.314 e. The van der Waals surface area contributed by atoms with Crippen molar-refractivity contribution in [1.29, 1.82) is 0 Å². The number of hydrogen-bond donors (Lipinski definition) is 1. The van der Waals surface area contributed by atoms with E-state index in [0.29, 0.717) is 6.04 Å². The van der Waals surface area contributed by atoms with Gasteiger partial charge < -0.3 is 5.32 Å². The van der Waals surface area contributed by atoms with Crippen molar-refractivity contribution >= 4 is 40.7 Å². The molecule has 1 saturated carbocycles. The van der Waals surface area contributed by atoms with Crippen LogP contribution in [-0.4, -0.2) is 36.1 Å². The first-order chi connectivity index (χ1) is 8.36. The Labute approximate surface area is 135 Å². The van der Waals surface area contributed by atoms with E-state index in [0.717, 1.165) is 36.7 Å². The third kappa shape index (κ3) is 4.05. The summed E-state index contributed by atoms with van der Waals surface area (Å²) in [6, 6.07) is 4.85. The molecule has 1 saturated heterocycles. The van der Waals surface area contributed by atoms with Gasteiger partial charge in [-0.1, -0.05) is 6.07 Å². The highest BCUT2D eigenvalue weighted by Gasteiger charge is 2.37. The first kappa shape index (κ1) is 17.2. The molecule has 0 spiro atoms. The molecule has 0 bridgehead atoms. The first-order valence-electron chi connectivity index (χ1n) is 6.41. The van der Waals surface area contributed by atoms with E-state index in [1.54, 1.807) is 0 Å². The average Bonchev–Trinajstić information content (AvgIpc) is 3.18. The van der Waals surface area contributed by atoms with Crippen LogP contribution in [0.2, 0.25) is 0 Å². The van der Waals surface area contributed by atoms with Gasteiger partial charge in [0.25, 0.3) is 0 Å². The molecule has 6 heteroatoms. The fourth-order valence-electron chi connectivity index (χ4n) is 2.74. The highest BCUT2D eigenvalue weighted by Crippen LogP contribution is 2.45. The number of piperazine rings is 1. The maximum Gasteiger partial charge on any atom is 0.110 e. The molecule has 1 atom stereocenters. The largest absolute Gasteiger partial charge is 0.314 e. The van der Waals surface area contributed by atoms with Crippen molar-refractivity contribution in [3.63, 3.8) is 0 Å². The van der Waals surface area contributed by atoms with Crippen LogP contribution in [-0.2, 0) is 0 Å². The monoisotopic (exact) mass is 367 g/mol. The molecular weight excluding hydrogens is 349 g/mol. The number of rotatable bonds is 3. The summed E-state index contributed by atoms with van der Waals surface area (Å²) in [5.74, 6) is 0.841. The van der Waals surface area contributed by atoms with Crippen molar-refractivity contribution in [2.75, 3.05) is 26.2 Å². The van der Waals surface area contributed by atoms with Crippen molar-refractivity contribution in [2.24, 2.45) is 5.92 Å². The lowest BCUT2D eigenvalue weighted by Crippen LogP contribution is -2.45. The van der Waals surface area contributed by atoms with Gasteiger partial charge in [0.1, 0.15) is 4.60 Å². The van der Waals surface area contributed by atoms with Crippen LogP contribution >= 0.6 is 40.7 Å². The Morgan fingerprint density at radius 1 is 1.26 bits per heavy atom. The highest BCUT2D eigenvalue weighted by molar-refractivity contribution is 9.10. The molecule has 2 fully saturated rings. The second-order valence-corrected chi connectivity index (χ2v) is 5.70. The van der Waals surface area contributed by atoms with Crippen LogP contribution in [0.1, 0.15) is 24.4 Å². The van der Waals surface area contributed by atoms with Gasteiger partial charge in [0.05, 0.1) is 0 Å². The summed E-state index contributed by atoms with van der Waals surface area (Å²) in [6.45, 7) is 4.53. The molecule has 108 valence electrons. The Kier molecular flexibility index (Phi) is 7.05. The summed E-state index contributed by atoms with van der Waals surface area (Å²) in [4.78, 5) is 7.00. The van der Waals surface area contributed by atoms with Crippen molar-refractivity contribution in [2.45, 2.75) is 18.9 Å². The van der Waals surface area contributed by atoms with E-state index in [2.05, 4.69) is 43.3 Å². The summed E-state index contributed by atoms with van der Waals surface area (Å²) in [7, 11) is 0. The number of hydrogen-bond acceptors (Lipinski definition) is 3. The van der Waals surface area contributed by atoms with Crippen molar-refractivity contribution in [3.05, 3.63) is 28.5 Å². The number of aromatic nitrogens is 1. The Morgan fingerprint density at radius 3 is 2.53 bits per heavy atom. The van der Waals surface area contributed by atoms with Gasteiger partial charge in [-0.15, -0.1) is 24.8 Å². The average molecular weight is 369 g/mol. The molecule has 2 aliphatic rings. The van der Waals surface area contributed by atoms with E-state index in [9.17, 15) is 0 Å². The second kappa shape index (κ2) is 7.79. The van der Waals surface area contributed by atoms with Gasteiger partial charge in [0.2, 0.25) is 0 Å². The molecular formula is C13H20BrCl2N3. The zero-order valence-corrected chi connectivity index (χ0v) is 13.9. The Hall–Kier alpha value is 0.130. The summed E-state index contributed by atoms with van der Waals surface area (Å²) in [6.07, 6.45) is 4.60. The van der Waals surface area contributed by atoms with E-state index >= 15 is 0 Å². The minimum absolute atomic E-state index is 0. The van der Waals surface area contributed by atoms with Gasteiger partial charge in [-0.25, -0.2) is 4.98 Å². The van der Waals surface area contributed by atoms with Gasteiger partial charge in [-0.3, -0.25) is 4.90 Å². The molecule has 1 aromatic heterocycles. The third-order valence-electron chi connectivity index (χ3n) is 3.72. The van der Waals surface area contributed by atoms with Gasteiger partial charge in [-0.2, -0.15) is 0 Å².